The molecule has 4 aromatic carbocycles. The first-order chi connectivity index (χ1) is 20.1. The highest BCUT2D eigenvalue weighted by atomic mass is 14.1. The lowest BCUT2D eigenvalue weighted by Gasteiger charge is -2.13. The van der Waals surface area contributed by atoms with Crippen molar-refractivity contribution in [1.82, 2.24) is 0 Å². The third kappa shape index (κ3) is 6.99. The van der Waals surface area contributed by atoms with Gasteiger partial charge in [-0.25, -0.2) is 0 Å². The maximum atomic E-state index is 4.56. The molecular formula is C41H36. The molecule has 0 spiro atoms. The molecule has 4 aromatic rings. The Morgan fingerprint density at radius 1 is 0.780 bits per heavy atom. The molecule has 0 amide bonds. The van der Waals surface area contributed by atoms with Crippen LogP contribution in [-0.2, 0) is 6.42 Å². The average Bonchev–Trinajstić information content (AvgIpc) is 3.02. The zero-order valence-corrected chi connectivity index (χ0v) is 23.8. The maximum absolute atomic E-state index is 4.56. The molecule has 200 valence electrons. The Morgan fingerprint density at radius 3 is 2.37 bits per heavy atom. The molecule has 0 heterocycles. The van der Waals surface area contributed by atoms with E-state index in [1.165, 1.54) is 49.4 Å². The molecule has 0 radical (unpaired) electrons. The van der Waals surface area contributed by atoms with Gasteiger partial charge < -0.3 is 0 Å². The molecule has 5 rings (SSSR count). The fraction of sp³-hybridized carbons (Fsp3) is 0.0732. The summed E-state index contributed by atoms with van der Waals surface area (Å²) in [6.07, 6.45) is 20.7. The molecule has 0 heteroatoms. The minimum absolute atomic E-state index is 0.864. The lowest BCUT2D eigenvalue weighted by molar-refractivity contribution is 1.19. The van der Waals surface area contributed by atoms with Crippen molar-refractivity contribution in [3.05, 3.63) is 192 Å². The Bertz CT molecular complexity index is 1800. The van der Waals surface area contributed by atoms with E-state index >= 15 is 0 Å². The van der Waals surface area contributed by atoms with Crippen molar-refractivity contribution >= 4 is 22.8 Å². The van der Waals surface area contributed by atoms with Gasteiger partial charge in [0.1, 0.15) is 0 Å². The van der Waals surface area contributed by atoms with Gasteiger partial charge in [-0.1, -0.05) is 147 Å². The van der Waals surface area contributed by atoms with Crippen LogP contribution in [0.2, 0.25) is 0 Å². The summed E-state index contributed by atoms with van der Waals surface area (Å²) >= 11 is 0. The predicted molar refractivity (Wildman–Crippen MR) is 180 cm³/mol. The van der Waals surface area contributed by atoms with Gasteiger partial charge in [0.2, 0.25) is 0 Å². The Morgan fingerprint density at radius 2 is 1.59 bits per heavy atom. The van der Waals surface area contributed by atoms with E-state index in [0.717, 1.165) is 24.0 Å². The molecule has 0 atom stereocenters. The summed E-state index contributed by atoms with van der Waals surface area (Å²) in [7, 11) is 0. The fourth-order valence-electron chi connectivity index (χ4n) is 5.29. The molecule has 0 aliphatic heterocycles. The summed E-state index contributed by atoms with van der Waals surface area (Å²) in [5.74, 6) is 0. The first kappa shape index (κ1) is 27.6. The van der Waals surface area contributed by atoms with Gasteiger partial charge in [0.05, 0.1) is 0 Å². The molecule has 0 N–H and O–H groups in total. The second-order valence-electron chi connectivity index (χ2n) is 10.3. The van der Waals surface area contributed by atoms with Crippen molar-refractivity contribution in [3.8, 4) is 11.1 Å². The smallest absolute Gasteiger partial charge is 0.00253 e. The van der Waals surface area contributed by atoms with Gasteiger partial charge in [-0.2, -0.15) is 0 Å². The molecular weight excluding hydrogens is 492 g/mol. The Kier molecular flexibility index (Phi) is 9.04. The summed E-state index contributed by atoms with van der Waals surface area (Å²) in [4.78, 5) is 0. The zero-order chi connectivity index (χ0) is 28.4. The largest absolute Gasteiger partial charge is 0.0991 e. The number of hydrogen-bond donors (Lipinski definition) is 0. The SMILES string of the molecule is C=C/C=C\C(=C/C)c1cccc(-c2cc(Cc3ccccc3)cc(C(=C)/C=c3/cccc/c3=C3\C=CC=CC3)c2)c1. The maximum Gasteiger partial charge on any atom is -0.00253 e. The predicted octanol–water partition coefficient (Wildman–Crippen LogP) is 9.25. The van der Waals surface area contributed by atoms with Crippen molar-refractivity contribution in [2.45, 2.75) is 19.8 Å². The molecule has 41 heavy (non-hydrogen) atoms. The van der Waals surface area contributed by atoms with E-state index in [9.17, 15) is 0 Å². The topological polar surface area (TPSA) is 0 Å². The van der Waals surface area contributed by atoms with Crippen LogP contribution in [-0.4, -0.2) is 0 Å². The van der Waals surface area contributed by atoms with E-state index in [4.69, 9.17) is 0 Å². The van der Waals surface area contributed by atoms with Crippen LogP contribution in [0.4, 0.5) is 0 Å². The second-order valence-corrected chi connectivity index (χ2v) is 10.3. The monoisotopic (exact) mass is 528 g/mol. The van der Waals surface area contributed by atoms with Crippen LogP contribution in [0.3, 0.4) is 0 Å². The average molecular weight is 529 g/mol. The van der Waals surface area contributed by atoms with Crippen molar-refractivity contribution in [3.63, 3.8) is 0 Å². The summed E-state index contributed by atoms with van der Waals surface area (Å²) < 4.78 is 0. The Labute approximate surface area is 244 Å². The van der Waals surface area contributed by atoms with Gasteiger partial charge >= 0.3 is 0 Å². The van der Waals surface area contributed by atoms with Crippen molar-refractivity contribution in [1.29, 1.82) is 0 Å². The van der Waals surface area contributed by atoms with Gasteiger partial charge in [0.25, 0.3) is 0 Å². The van der Waals surface area contributed by atoms with Crippen molar-refractivity contribution in [2.75, 3.05) is 0 Å². The molecule has 0 saturated heterocycles. The number of hydrogen-bond acceptors (Lipinski definition) is 0. The van der Waals surface area contributed by atoms with Crippen LogP contribution in [0.1, 0.15) is 35.6 Å². The van der Waals surface area contributed by atoms with Crippen molar-refractivity contribution < 1.29 is 0 Å². The number of benzene rings is 4. The highest BCUT2D eigenvalue weighted by molar-refractivity contribution is 5.89. The Hall–Kier alpha value is -4.94. The fourth-order valence-corrected chi connectivity index (χ4v) is 5.29. The molecule has 1 aliphatic rings. The summed E-state index contributed by atoms with van der Waals surface area (Å²) in [5, 5.41) is 2.45. The van der Waals surface area contributed by atoms with Gasteiger partial charge in [-0.05, 0) is 98.5 Å². The third-order valence-electron chi connectivity index (χ3n) is 7.39. The van der Waals surface area contributed by atoms with Gasteiger partial charge in [-0.15, -0.1) is 0 Å². The molecule has 0 aromatic heterocycles. The normalized spacial score (nSPS) is 15.0. The van der Waals surface area contributed by atoms with Gasteiger partial charge in [0, 0.05) is 0 Å². The third-order valence-corrected chi connectivity index (χ3v) is 7.39. The van der Waals surface area contributed by atoms with Crippen LogP contribution in [0.15, 0.2) is 159 Å². The van der Waals surface area contributed by atoms with Crippen LogP contribution < -0.4 is 10.4 Å². The van der Waals surface area contributed by atoms with Crippen LogP contribution >= 0.6 is 0 Å². The van der Waals surface area contributed by atoms with E-state index in [-0.39, 0.29) is 0 Å². The van der Waals surface area contributed by atoms with Crippen LogP contribution in [0, 0.1) is 0 Å². The minimum Gasteiger partial charge on any atom is -0.0991 e. The molecule has 0 saturated carbocycles. The second kappa shape index (κ2) is 13.4. The van der Waals surface area contributed by atoms with E-state index in [1.54, 1.807) is 0 Å². The number of rotatable bonds is 8. The zero-order valence-electron chi connectivity index (χ0n) is 23.8. The molecule has 1 aliphatic carbocycles. The van der Waals surface area contributed by atoms with E-state index in [1.807, 2.05) is 12.2 Å². The molecule has 0 nitrogen and oxygen atoms in total. The standard InChI is InChI=1S/C41H36/c1-4-6-18-34(5-2)36-22-15-23-37(29-36)40-28-33(26-32-16-9-7-10-17-32)27-39(30-40)31(3)25-38-21-13-14-24-41(38)35-19-11-8-12-20-35/h4-19,21-25,27-30H,1,3,20,26H2,2H3/b18-6-,34-5+,38-25-,41-35-. The van der Waals surface area contributed by atoms with Crippen LogP contribution in [0.25, 0.3) is 33.9 Å². The van der Waals surface area contributed by atoms with Crippen LogP contribution in [0.5, 0.6) is 0 Å². The molecule has 0 fully saturated rings. The summed E-state index contributed by atoms with van der Waals surface area (Å²) in [6.45, 7) is 10.5. The lowest BCUT2D eigenvalue weighted by atomic mass is 9.92. The highest BCUT2D eigenvalue weighted by Gasteiger charge is 2.09. The summed E-state index contributed by atoms with van der Waals surface area (Å²) in [5.41, 5.74) is 10.8. The molecule has 0 bridgehead atoms. The van der Waals surface area contributed by atoms with E-state index in [0.29, 0.717) is 0 Å². The number of allylic oxidation sites excluding steroid dienone is 10. The lowest BCUT2D eigenvalue weighted by Crippen LogP contribution is -2.26. The van der Waals surface area contributed by atoms with E-state index in [2.05, 4.69) is 160 Å². The Balaban J connectivity index is 1.61. The van der Waals surface area contributed by atoms with E-state index < -0.39 is 0 Å². The quantitative estimate of drug-likeness (QED) is 0.200. The highest BCUT2D eigenvalue weighted by Crippen LogP contribution is 2.29. The summed E-state index contributed by atoms with van der Waals surface area (Å²) in [6, 6.07) is 34.9. The first-order valence-electron chi connectivity index (χ1n) is 14.2. The van der Waals surface area contributed by atoms with Gasteiger partial charge in [-0.3, -0.25) is 0 Å². The molecule has 0 unspecified atom stereocenters. The van der Waals surface area contributed by atoms with Gasteiger partial charge in [0.15, 0.2) is 0 Å². The first-order valence-corrected chi connectivity index (χ1v) is 14.2. The minimum atomic E-state index is 0.864. The van der Waals surface area contributed by atoms with Crippen molar-refractivity contribution in [2.24, 2.45) is 0 Å².